The van der Waals surface area contributed by atoms with Gasteiger partial charge in [0.1, 0.15) is 0 Å². The van der Waals surface area contributed by atoms with Crippen LogP contribution in [0.2, 0.25) is 0 Å². The largest absolute Gasteiger partial charge is 0.337 e. The number of hydrogen-bond donors (Lipinski definition) is 1. The maximum Gasteiger partial charge on any atom is 0.276 e. The number of amides is 1. The molecule has 7 heteroatoms. The summed E-state index contributed by atoms with van der Waals surface area (Å²) in [6.45, 7) is 7.94. The summed E-state index contributed by atoms with van der Waals surface area (Å²) in [7, 11) is 0. The lowest BCUT2D eigenvalue weighted by atomic mass is 9.99. The molecule has 2 aliphatic rings. The normalized spacial score (nSPS) is 20.7. The van der Waals surface area contributed by atoms with Crippen molar-refractivity contribution in [2.24, 2.45) is 5.92 Å². The van der Waals surface area contributed by atoms with Crippen LogP contribution in [0.4, 0.5) is 0 Å². The minimum absolute atomic E-state index is 0. The molecule has 1 aromatic rings. The zero-order valence-corrected chi connectivity index (χ0v) is 14.2. The van der Waals surface area contributed by atoms with Crippen LogP contribution in [0.5, 0.6) is 0 Å². The summed E-state index contributed by atoms with van der Waals surface area (Å²) in [4.78, 5) is 14.6. The Balaban J connectivity index is 0.00000176. The van der Waals surface area contributed by atoms with Gasteiger partial charge < -0.3 is 10.2 Å². The fraction of sp³-hybridized carbons (Fsp3) is 0.800. The van der Waals surface area contributed by atoms with Gasteiger partial charge in [0.2, 0.25) is 0 Å². The molecule has 0 unspecified atom stereocenters. The summed E-state index contributed by atoms with van der Waals surface area (Å²) in [6, 6.07) is 0.377. The van der Waals surface area contributed by atoms with Crippen LogP contribution < -0.4 is 5.32 Å². The number of nitrogens with zero attached hydrogens (tertiary/aromatic N) is 4. The van der Waals surface area contributed by atoms with Gasteiger partial charge in [0.05, 0.1) is 11.7 Å². The number of carbonyl (C=O) groups excluding carboxylic acids is 1. The van der Waals surface area contributed by atoms with E-state index in [1.165, 1.54) is 0 Å². The molecule has 1 aromatic heterocycles. The van der Waals surface area contributed by atoms with Gasteiger partial charge in [0.15, 0.2) is 5.69 Å². The van der Waals surface area contributed by atoms with Gasteiger partial charge in [-0.05, 0) is 51.6 Å². The molecule has 0 spiro atoms. The summed E-state index contributed by atoms with van der Waals surface area (Å²) in [6.07, 6.45) is 4.29. The molecule has 1 N–H and O–H groups in total. The lowest BCUT2D eigenvalue weighted by Crippen LogP contribution is -2.38. The number of nitrogens with one attached hydrogen (secondary N) is 1. The highest BCUT2D eigenvalue weighted by atomic mass is 35.5. The molecule has 22 heavy (non-hydrogen) atoms. The quantitative estimate of drug-likeness (QED) is 0.899. The van der Waals surface area contributed by atoms with Crippen molar-refractivity contribution in [2.75, 3.05) is 26.2 Å². The first-order valence-electron chi connectivity index (χ1n) is 8.08. The predicted molar refractivity (Wildman–Crippen MR) is 87.4 cm³/mol. The number of hydrogen-bond acceptors (Lipinski definition) is 4. The van der Waals surface area contributed by atoms with Gasteiger partial charge in [0.25, 0.3) is 5.91 Å². The zero-order chi connectivity index (χ0) is 14.8. The Bertz CT molecular complexity index is 504. The highest BCUT2D eigenvalue weighted by molar-refractivity contribution is 5.93. The van der Waals surface area contributed by atoms with Crippen molar-refractivity contribution in [3.05, 3.63) is 11.4 Å². The molecule has 0 atom stereocenters. The molecule has 1 amide bonds. The molecule has 0 aliphatic carbocycles. The molecule has 0 radical (unpaired) electrons. The van der Waals surface area contributed by atoms with Crippen LogP contribution in [0.3, 0.4) is 0 Å². The highest BCUT2D eigenvalue weighted by Gasteiger charge is 2.27. The molecule has 2 fully saturated rings. The standard InChI is InChI=1S/C15H25N5O.ClH/c1-11-5-9-19(10-6-11)15(21)14-12(2)20(18-17-14)13-3-7-16-8-4-13;/h11,13,16H,3-10H2,1-2H3;1H. The summed E-state index contributed by atoms with van der Waals surface area (Å²) in [5.74, 6) is 0.778. The van der Waals surface area contributed by atoms with E-state index in [0.717, 1.165) is 63.5 Å². The lowest BCUT2D eigenvalue weighted by molar-refractivity contribution is 0.0690. The molecular formula is C15H26ClN5O. The molecule has 0 saturated carbocycles. The molecule has 124 valence electrons. The van der Waals surface area contributed by atoms with Crippen LogP contribution in [0.15, 0.2) is 0 Å². The lowest BCUT2D eigenvalue weighted by Gasteiger charge is -2.29. The van der Waals surface area contributed by atoms with Gasteiger partial charge >= 0.3 is 0 Å². The fourth-order valence-electron chi connectivity index (χ4n) is 3.30. The average Bonchev–Trinajstić information content (AvgIpc) is 2.90. The van der Waals surface area contributed by atoms with Crippen molar-refractivity contribution >= 4 is 18.3 Å². The van der Waals surface area contributed by atoms with Crippen LogP contribution in [0.25, 0.3) is 0 Å². The molecule has 2 saturated heterocycles. The van der Waals surface area contributed by atoms with Gasteiger partial charge in [-0.3, -0.25) is 4.79 Å². The molecule has 2 aliphatic heterocycles. The second-order valence-electron chi connectivity index (χ2n) is 6.42. The Morgan fingerprint density at radius 1 is 1.18 bits per heavy atom. The Hall–Kier alpha value is -1.14. The van der Waals surface area contributed by atoms with Gasteiger partial charge in [0, 0.05) is 13.1 Å². The van der Waals surface area contributed by atoms with E-state index >= 15 is 0 Å². The highest BCUT2D eigenvalue weighted by Crippen LogP contribution is 2.22. The Morgan fingerprint density at radius 2 is 1.82 bits per heavy atom. The van der Waals surface area contributed by atoms with E-state index in [9.17, 15) is 4.79 Å². The Kier molecular flexibility index (Phi) is 5.81. The topological polar surface area (TPSA) is 63.1 Å². The third-order valence-corrected chi connectivity index (χ3v) is 4.86. The van der Waals surface area contributed by atoms with Crippen LogP contribution in [-0.2, 0) is 0 Å². The number of piperidine rings is 2. The smallest absolute Gasteiger partial charge is 0.276 e. The summed E-state index contributed by atoms with van der Waals surface area (Å²) < 4.78 is 1.96. The number of aromatic nitrogens is 3. The van der Waals surface area contributed by atoms with E-state index in [1.54, 1.807) is 0 Å². The van der Waals surface area contributed by atoms with Gasteiger partial charge in [-0.15, -0.1) is 17.5 Å². The third kappa shape index (κ3) is 3.43. The monoisotopic (exact) mass is 327 g/mol. The van der Waals surface area contributed by atoms with Crippen LogP contribution in [0.1, 0.15) is 54.8 Å². The number of rotatable bonds is 2. The number of carbonyl (C=O) groups is 1. The van der Waals surface area contributed by atoms with E-state index in [-0.39, 0.29) is 18.3 Å². The van der Waals surface area contributed by atoms with Gasteiger partial charge in [-0.25, -0.2) is 4.68 Å². The fourth-order valence-corrected chi connectivity index (χ4v) is 3.30. The van der Waals surface area contributed by atoms with E-state index in [1.807, 2.05) is 16.5 Å². The second-order valence-corrected chi connectivity index (χ2v) is 6.42. The first-order chi connectivity index (χ1) is 10.2. The van der Waals surface area contributed by atoms with Crippen LogP contribution in [0, 0.1) is 12.8 Å². The van der Waals surface area contributed by atoms with E-state index in [2.05, 4.69) is 22.6 Å². The van der Waals surface area contributed by atoms with Crippen LogP contribution >= 0.6 is 12.4 Å². The first kappa shape index (κ1) is 17.2. The molecule has 0 bridgehead atoms. The van der Waals surface area contributed by atoms with Crippen molar-refractivity contribution in [1.29, 1.82) is 0 Å². The van der Waals surface area contributed by atoms with Gasteiger partial charge in [-0.2, -0.15) is 0 Å². The van der Waals surface area contributed by atoms with Crippen molar-refractivity contribution in [1.82, 2.24) is 25.2 Å². The summed E-state index contributed by atoms with van der Waals surface area (Å²) >= 11 is 0. The molecule has 0 aromatic carbocycles. The third-order valence-electron chi connectivity index (χ3n) is 4.86. The minimum atomic E-state index is 0. The second kappa shape index (κ2) is 7.42. The van der Waals surface area contributed by atoms with E-state index < -0.39 is 0 Å². The molecule has 3 heterocycles. The maximum atomic E-state index is 12.6. The Labute approximate surface area is 138 Å². The van der Waals surface area contributed by atoms with Crippen LogP contribution in [-0.4, -0.2) is 52.0 Å². The predicted octanol–water partition coefficient (Wildman–Crippen LogP) is 1.80. The summed E-state index contributed by atoms with van der Waals surface area (Å²) in [5.41, 5.74) is 1.47. The average molecular weight is 328 g/mol. The van der Waals surface area contributed by atoms with Crippen molar-refractivity contribution in [3.63, 3.8) is 0 Å². The Morgan fingerprint density at radius 3 is 2.45 bits per heavy atom. The van der Waals surface area contributed by atoms with Gasteiger partial charge in [-0.1, -0.05) is 12.1 Å². The number of halogens is 1. The van der Waals surface area contributed by atoms with Crippen molar-refractivity contribution < 1.29 is 4.79 Å². The molecular weight excluding hydrogens is 302 g/mol. The summed E-state index contributed by atoms with van der Waals surface area (Å²) in [5, 5.41) is 11.8. The zero-order valence-electron chi connectivity index (χ0n) is 13.4. The van der Waals surface area contributed by atoms with E-state index in [0.29, 0.717) is 11.7 Å². The van der Waals surface area contributed by atoms with E-state index in [4.69, 9.17) is 0 Å². The number of likely N-dealkylation sites (tertiary alicyclic amines) is 1. The molecule has 6 nitrogen and oxygen atoms in total. The minimum Gasteiger partial charge on any atom is -0.337 e. The van der Waals surface area contributed by atoms with Crippen molar-refractivity contribution in [3.8, 4) is 0 Å². The first-order valence-corrected chi connectivity index (χ1v) is 8.08. The SMILES string of the molecule is Cc1c(C(=O)N2CCC(C)CC2)nnn1C1CCNCC1.Cl. The van der Waals surface area contributed by atoms with Crippen molar-refractivity contribution in [2.45, 2.75) is 45.6 Å². The maximum absolute atomic E-state index is 12.6. The molecule has 3 rings (SSSR count).